The van der Waals surface area contributed by atoms with E-state index < -0.39 is 15.8 Å². The molecule has 0 aromatic heterocycles. The second-order valence-corrected chi connectivity index (χ2v) is 6.27. The molecule has 2 rings (SSSR count). The zero-order valence-electron chi connectivity index (χ0n) is 11.3. The maximum atomic E-state index is 13.2. The van der Waals surface area contributed by atoms with Crippen molar-refractivity contribution in [3.05, 3.63) is 65.0 Å². The molecule has 0 heterocycles. The standard InChI is InChI=1S/C15H13FN2O2S/c1-11-4-2-3-5-12(11)10-18-21(19,20)14-6-7-15(16)13(8-14)9-17/h2-8,18H,10H2,1H3. The summed E-state index contributed by atoms with van der Waals surface area (Å²) in [5.41, 5.74) is 1.52. The van der Waals surface area contributed by atoms with Crippen molar-refractivity contribution in [1.82, 2.24) is 4.72 Å². The van der Waals surface area contributed by atoms with Crippen molar-refractivity contribution in [3.8, 4) is 6.07 Å². The van der Waals surface area contributed by atoms with E-state index in [1.165, 1.54) is 0 Å². The quantitative estimate of drug-likeness (QED) is 0.943. The Hall–Kier alpha value is -2.23. The monoisotopic (exact) mass is 304 g/mol. The minimum absolute atomic E-state index is 0.131. The average molecular weight is 304 g/mol. The van der Waals surface area contributed by atoms with Crippen LogP contribution in [0.1, 0.15) is 16.7 Å². The molecule has 0 saturated carbocycles. The van der Waals surface area contributed by atoms with E-state index in [2.05, 4.69) is 4.72 Å². The van der Waals surface area contributed by atoms with Gasteiger partial charge < -0.3 is 0 Å². The number of benzene rings is 2. The molecular formula is C15H13FN2O2S. The first-order valence-corrected chi connectivity index (χ1v) is 7.66. The summed E-state index contributed by atoms with van der Waals surface area (Å²) in [6.07, 6.45) is 0. The normalized spacial score (nSPS) is 11.1. The van der Waals surface area contributed by atoms with Crippen LogP contribution in [0.15, 0.2) is 47.4 Å². The fourth-order valence-electron chi connectivity index (χ4n) is 1.82. The van der Waals surface area contributed by atoms with Gasteiger partial charge in [-0.2, -0.15) is 5.26 Å². The second kappa shape index (κ2) is 6.04. The summed E-state index contributed by atoms with van der Waals surface area (Å²) in [5, 5.41) is 8.75. The van der Waals surface area contributed by atoms with Crippen LogP contribution in [0.3, 0.4) is 0 Å². The molecule has 0 spiro atoms. The third-order valence-electron chi connectivity index (χ3n) is 3.08. The smallest absolute Gasteiger partial charge is 0.207 e. The molecule has 21 heavy (non-hydrogen) atoms. The lowest BCUT2D eigenvalue weighted by Crippen LogP contribution is -2.23. The maximum absolute atomic E-state index is 13.2. The molecule has 2 aromatic carbocycles. The van der Waals surface area contributed by atoms with E-state index in [9.17, 15) is 12.8 Å². The highest BCUT2D eigenvalue weighted by atomic mass is 32.2. The summed E-state index contributed by atoms with van der Waals surface area (Å²) < 4.78 is 40.0. The zero-order valence-corrected chi connectivity index (χ0v) is 12.1. The van der Waals surface area contributed by atoms with Crippen molar-refractivity contribution in [2.45, 2.75) is 18.4 Å². The van der Waals surface area contributed by atoms with Crippen molar-refractivity contribution in [2.24, 2.45) is 0 Å². The van der Waals surface area contributed by atoms with Gasteiger partial charge in [-0.15, -0.1) is 0 Å². The van der Waals surface area contributed by atoms with E-state index >= 15 is 0 Å². The molecule has 1 N–H and O–H groups in total. The summed E-state index contributed by atoms with van der Waals surface area (Å²) in [6.45, 7) is 2.02. The highest BCUT2D eigenvalue weighted by molar-refractivity contribution is 7.89. The van der Waals surface area contributed by atoms with Crippen molar-refractivity contribution in [2.75, 3.05) is 0 Å². The number of hydrogen-bond donors (Lipinski definition) is 1. The number of nitrogens with one attached hydrogen (secondary N) is 1. The lowest BCUT2D eigenvalue weighted by Gasteiger charge is -2.09. The van der Waals surface area contributed by atoms with E-state index in [0.29, 0.717) is 0 Å². The molecular weight excluding hydrogens is 291 g/mol. The third kappa shape index (κ3) is 3.45. The Labute approximate surface area is 122 Å². The lowest BCUT2D eigenvalue weighted by atomic mass is 10.1. The van der Waals surface area contributed by atoms with Crippen LogP contribution in [0.4, 0.5) is 4.39 Å². The number of nitriles is 1. The minimum atomic E-state index is -3.79. The fourth-order valence-corrected chi connectivity index (χ4v) is 2.85. The summed E-state index contributed by atoms with van der Waals surface area (Å²) in [4.78, 5) is -0.131. The van der Waals surface area contributed by atoms with Gasteiger partial charge in [0.1, 0.15) is 11.9 Å². The maximum Gasteiger partial charge on any atom is 0.240 e. The van der Waals surface area contributed by atoms with Gasteiger partial charge in [-0.05, 0) is 36.2 Å². The number of rotatable bonds is 4. The SMILES string of the molecule is Cc1ccccc1CNS(=O)(=O)c1ccc(F)c(C#N)c1. The Morgan fingerprint density at radius 3 is 2.62 bits per heavy atom. The Morgan fingerprint density at radius 2 is 1.95 bits per heavy atom. The van der Waals surface area contributed by atoms with Gasteiger partial charge in [0.05, 0.1) is 10.5 Å². The van der Waals surface area contributed by atoms with Gasteiger partial charge in [0, 0.05) is 6.54 Å². The van der Waals surface area contributed by atoms with Crippen LogP contribution < -0.4 is 4.72 Å². The van der Waals surface area contributed by atoms with E-state index in [1.807, 2.05) is 31.2 Å². The third-order valence-corrected chi connectivity index (χ3v) is 4.48. The van der Waals surface area contributed by atoms with Crippen LogP contribution >= 0.6 is 0 Å². The van der Waals surface area contributed by atoms with E-state index in [-0.39, 0.29) is 17.0 Å². The molecule has 0 aliphatic heterocycles. The van der Waals surface area contributed by atoms with Crippen LogP contribution in [-0.4, -0.2) is 8.42 Å². The van der Waals surface area contributed by atoms with Gasteiger partial charge in [0.25, 0.3) is 0 Å². The van der Waals surface area contributed by atoms with Crippen LogP contribution in [0.2, 0.25) is 0 Å². The number of sulfonamides is 1. The number of hydrogen-bond acceptors (Lipinski definition) is 3. The molecule has 0 unspecified atom stereocenters. The summed E-state index contributed by atoms with van der Waals surface area (Å²) in [7, 11) is -3.79. The predicted octanol–water partition coefficient (Wildman–Crippen LogP) is 2.48. The average Bonchev–Trinajstić information content (AvgIpc) is 2.46. The number of halogens is 1. The van der Waals surface area contributed by atoms with Gasteiger partial charge in [0.15, 0.2) is 0 Å². The fraction of sp³-hybridized carbons (Fsp3) is 0.133. The molecule has 0 aliphatic rings. The molecule has 0 atom stereocenters. The Morgan fingerprint density at radius 1 is 1.24 bits per heavy atom. The lowest BCUT2D eigenvalue weighted by molar-refractivity contribution is 0.580. The molecule has 0 fully saturated rings. The number of nitrogens with zero attached hydrogens (tertiary/aromatic N) is 1. The van der Waals surface area contributed by atoms with Crippen LogP contribution in [0.5, 0.6) is 0 Å². The van der Waals surface area contributed by atoms with Gasteiger partial charge >= 0.3 is 0 Å². The Balaban J connectivity index is 2.24. The summed E-state index contributed by atoms with van der Waals surface area (Å²) in [5.74, 6) is -0.740. The van der Waals surface area contributed by atoms with E-state index in [0.717, 1.165) is 29.3 Å². The van der Waals surface area contributed by atoms with Crippen LogP contribution in [0, 0.1) is 24.1 Å². The van der Waals surface area contributed by atoms with E-state index in [4.69, 9.17) is 5.26 Å². The van der Waals surface area contributed by atoms with Gasteiger partial charge in [-0.3, -0.25) is 0 Å². The second-order valence-electron chi connectivity index (χ2n) is 4.50. The molecule has 0 saturated heterocycles. The minimum Gasteiger partial charge on any atom is -0.207 e. The van der Waals surface area contributed by atoms with Gasteiger partial charge in [-0.1, -0.05) is 24.3 Å². The molecule has 0 radical (unpaired) electrons. The van der Waals surface area contributed by atoms with Crippen molar-refractivity contribution >= 4 is 10.0 Å². The van der Waals surface area contributed by atoms with Gasteiger partial charge in [-0.25, -0.2) is 17.5 Å². The topological polar surface area (TPSA) is 70.0 Å². The highest BCUT2D eigenvalue weighted by Crippen LogP contribution is 2.15. The van der Waals surface area contributed by atoms with Crippen molar-refractivity contribution in [3.63, 3.8) is 0 Å². The first-order valence-electron chi connectivity index (χ1n) is 6.18. The molecule has 4 nitrogen and oxygen atoms in total. The molecule has 0 bridgehead atoms. The molecule has 2 aromatic rings. The summed E-state index contributed by atoms with van der Waals surface area (Å²) in [6, 6.07) is 12.2. The Kier molecular flexibility index (Phi) is 4.36. The van der Waals surface area contributed by atoms with Crippen molar-refractivity contribution in [1.29, 1.82) is 5.26 Å². The first kappa shape index (κ1) is 15.2. The van der Waals surface area contributed by atoms with Crippen molar-refractivity contribution < 1.29 is 12.8 Å². The van der Waals surface area contributed by atoms with E-state index in [1.54, 1.807) is 6.07 Å². The predicted molar refractivity (Wildman–Crippen MR) is 76.3 cm³/mol. The molecule has 6 heteroatoms. The Bertz CT molecular complexity index is 811. The summed E-state index contributed by atoms with van der Waals surface area (Å²) >= 11 is 0. The first-order chi connectivity index (χ1) is 9.94. The molecule has 0 aliphatic carbocycles. The van der Waals surface area contributed by atoms with Crippen LogP contribution in [-0.2, 0) is 16.6 Å². The van der Waals surface area contributed by atoms with Crippen LogP contribution in [0.25, 0.3) is 0 Å². The number of aryl methyl sites for hydroxylation is 1. The molecule has 0 amide bonds. The molecule has 108 valence electrons. The van der Waals surface area contributed by atoms with Gasteiger partial charge in [0.2, 0.25) is 10.0 Å². The largest absolute Gasteiger partial charge is 0.240 e. The zero-order chi connectivity index (χ0) is 15.5. The highest BCUT2D eigenvalue weighted by Gasteiger charge is 2.16.